The number of piperidine rings is 2. The van der Waals surface area contributed by atoms with E-state index >= 15 is 0 Å². The standard InChI is InChI=1S/C14H23N3O4/c1-2-6-16(9-13(19)20)14(21)17-7-5-11-10(8-17)3-4-12(18)15-11/h10-11H,2-9H2,1H3,(H,15,18)(H,19,20). The molecule has 21 heavy (non-hydrogen) atoms. The first-order valence-corrected chi connectivity index (χ1v) is 7.56. The van der Waals surface area contributed by atoms with E-state index in [1.165, 1.54) is 4.90 Å². The number of amides is 3. The van der Waals surface area contributed by atoms with Gasteiger partial charge in [0.15, 0.2) is 0 Å². The maximum absolute atomic E-state index is 12.5. The van der Waals surface area contributed by atoms with Crippen molar-refractivity contribution in [2.24, 2.45) is 5.92 Å². The second-order valence-electron chi connectivity index (χ2n) is 5.81. The lowest BCUT2D eigenvalue weighted by molar-refractivity contribution is -0.138. The van der Waals surface area contributed by atoms with Crippen molar-refractivity contribution in [1.82, 2.24) is 15.1 Å². The summed E-state index contributed by atoms with van der Waals surface area (Å²) in [5.41, 5.74) is 0. The molecule has 2 fully saturated rings. The molecule has 0 saturated carbocycles. The Morgan fingerprint density at radius 1 is 1.43 bits per heavy atom. The highest BCUT2D eigenvalue weighted by atomic mass is 16.4. The van der Waals surface area contributed by atoms with Gasteiger partial charge in [0.05, 0.1) is 0 Å². The zero-order chi connectivity index (χ0) is 15.4. The van der Waals surface area contributed by atoms with E-state index in [2.05, 4.69) is 5.32 Å². The number of urea groups is 1. The van der Waals surface area contributed by atoms with Crippen LogP contribution < -0.4 is 5.32 Å². The van der Waals surface area contributed by atoms with E-state index in [-0.39, 0.29) is 30.4 Å². The number of fused-ring (bicyclic) bond motifs is 1. The molecule has 0 aromatic carbocycles. The first kappa shape index (κ1) is 15.6. The van der Waals surface area contributed by atoms with Crippen molar-refractivity contribution >= 4 is 17.9 Å². The Bertz CT molecular complexity index is 426. The molecular formula is C14H23N3O4. The Labute approximate surface area is 124 Å². The Kier molecular flexibility index (Phi) is 5.03. The summed E-state index contributed by atoms with van der Waals surface area (Å²) in [5, 5.41) is 11.9. The molecule has 3 amide bonds. The summed E-state index contributed by atoms with van der Waals surface area (Å²) in [6, 6.07) is -0.0380. The summed E-state index contributed by atoms with van der Waals surface area (Å²) in [5.74, 6) is -0.611. The van der Waals surface area contributed by atoms with Crippen LogP contribution in [0.3, 0.4) is 0 Å². The monoisotopic (exact) mass is 297 g/mol. The maximum Gasteiger partial charge on any atom is 0.323 e. The number of nitrogens with one attached hydrogen (secondary N) is 1. The van der Waals surface area contributed by atoms with Crippen LogP contribution >= 0.6 is 0 Å². The first-order valence-electron chi connectivity index (χ1n) is 7.56. The van der Waals surface area contributed by atoms with Gasteiger partial charge in [0.2, 0.25) is 5.91 Å². The van der Waals surface area contributed by atoms with Crippen LogP contribution in [0.25, 0.3) is 0 Å². The predicted molar refractivity (Wildman–Crippen MR) is 75.7 cm³/mol. The number of carbonyl (C=O) groups is 3. The zero-order valence-corrected chi connectivity index (χ0v) is 12.4. The number of nitrogens with zero attached hydrogens (tertiary/aromatic N) is 2. The highest BCUT2D eigenvalue weighted by molar-refractivity contribution is 5.80. The van der Waals surface area contributed by atoms with Crippen LogP contribution in [-0.2, 0) is 9.59 Å². The summed E-state index contributed by atoms with van der Waals surface area (Å²) in [6.07, 6.45) is 2.79. The van der Waals surface area contributed by atoms with Gasteiger partial charge in [0.1, 0.15) is 6.54 Å². The van der Waals surface area contributed by atoms with Gasteiger partial charge in [-0.25, -0.2) is 4.79 Å². The number of hydrogen-bond donors (Lipinski definition) is 2. The van der Waals surface area contributed by atoms with Crippen LogP contribution in [0.2, 0.25) is 0 Å². The summed E-state index contributed by atoms with van der Waals surface area (Å²) in [4.78, 5) is 37.8. The molecule has 0 aromatic rings. The molecule has 2 heterocycles. The van der Waals surface area contributed by atoms with Crippen LogP contribution in [0.1, 0.15) is 32.6 Å². The van der Waals surface area contributed by atoms with Gasteiger partial charge in [0.25, 0.3) is 0 Å². The summed E-state index contributed by atoms with van der Waals surface area (Å²) < 4.78 is 0. The lowest BCUT2D eigenvalue weighted by Crippen LogP contribution is -2.57. The Morgan fingerprint density at radius 3 is 2.86 bits per heavy atom. The van der Waals surface area contributed by atoms with Crippen LogP contribution in [-0.4, -0.2) is 65.0 Å². The average Bonchev–Trinajstić information content (AvgIpc) is 2.45. The molecule has 2 N–H and O–H groups in total. The molecule has 0 spiro atoms. The Hall–Kier alpha value is -1.79. The van der Waals surface area contributed by atoms with E-state index in [4.69, 9.17) is 5.11 Å². The SMILES string of the molecule is CCCN(CC(=O)O)C(=O)N1CCC2NC(=O)CCC2C1. The summed E-state index contributed by atoms with van der Waals surface area (Å²) in [7, 11) is 0. The fourth-order valence-corrected chi connectivity index (χ4v) is 3.16. The van der Waals surface area contributed by atoms with E-state index in [1.54, 1.807) is 4.90 Å². The minimum absolute atomic E-state index is 0.0921. The van der Waals surface area contributed by atoms with Gasteiger partial charge in [-0.05, 0) is 25.2 Å². The molecule has 2 unspecified atom stereocenters. The fraction of sp³-hybridized carbons (Fsp3) is 0.786. The lowest BCUT2D eigenvalue weighted by atomic mass is 9.85. The van der Waals surface area contributed by atoms with E-state index in [9.17, 15) is 14.4 Å². The number of carboxylic acids is 1. The molecule has 2 aliphatic heterocycles. The molecular weight excluding hydrogens is 274 g/mol. The number of carbonyl (C=O) groups excluding carboxylic acids is 2. The second-order valence-corrected chi connectivity index (χ2v) is 5.81. The van der Waals surface area contributed by atoms with Gasteiger partial charge in [0, 0.05) is 32.1 Å². The predicted octanol–water partition coefficient (Wildman–Crippen LogP) is 0.504. The van der Waals surface area contributed by atoms with Gasteiger partial charge in [-0.2, -0.15) is 0 Å². The third kappa shape index (κ3) is 3.86. The van der Waals surface area contributed by atoms with E-state index in [1.807, 2.05) is 6.92 Å². The van der Waals surface area contributed by atoms with Crippen molar-refractivity contribution < 1.29 is 19.5 Å². The molecule has 2 atom stereocenters. The van der Waals surface area contributed by atoms with Crippen LogP contribution in [0.5, 0.6) is 0 Å². The van der Waals surface area contributed by atoms with Gasteiger partial charge in [-0.3, -0.25) is 9.59 Å². The van der Waals surface area contributed by atoms with Crippen LogP contribution in [0.15, 0.2) is 0 Å². The molecule has 2 rings (SSSR count). The highest BCUT2D eigenvalue weighted by Gasteiger charge is 2.36. The first-order chi connectivity index (χ1) is 10.0. The Morgan fingerprint density at radius 2 is 2.19 bits per heavy atom. The molecule has 2 aliphatic rings. The Balaban J connectivity index is 1.96. The van der Waals surface area contributed by atoms with Crippen molar-refractivity contribution in [2.75, 3.05) is 26.2 Å². The number of carboxylic acid groups (broad SMARTS) is 1. The number of aliphatic carboxylic acids is 1. The second kappa shape index (κ2) is 6.78. The molecule has 2 saturated heterocycles. The number of likely N-dealkylation sites (tertiary alicyclic amines) is 1. The van der Waals surface area contributed by atoms with E-state index < -0.39 is 5.97 Å². The summed E-state index contributed by atoms with van der Waals surface area (Å²) >= 11 is 0. The van der Waals surface area contributed by atoms with Crippen molar-refractivity contribution in [3.05, 3.63) is 0 Å². The molecule has 0 aliphatic carbocycles. The third-order valence-electron chi connectivity index (χ3n) is 4.18. The van der Waals surface area contributed by atoms with Gasteiger partial charge >= 0.3 is 12.0 Å². The van der Waals surface area contributed by atoms with Crippen molar-refractivity contribution in [2.45, 2.75) is 38.6 Å². The lowest BCUT2D eigenvalue weighted by Gasteiger charge is -2.42. The molecule has 7 nitrogen and oxygen atoms in total. The number of hydrogen-bond acceptors (Lipinski definition) is 3. The third-order valence-corrected chi connectivity index (χ3v) is 4.18. The molecule has 7 heteroatoms. The smallest absolute Gasteiger partial charge is 0.323 e. The van der Waals surface area contributed by atoms with Gasteiger partial charge in [-0.1, -0.05) is 6.92 Å². The molecule has 0 aromatic heterocycles. The normalized spacial score (nSPS) is 25.0. The minimum Gasteiger partial charge on any atom is -0.480 e. The van der Waals surface area contributed by atoms with Gasteiger partial charge in [-0.15, -0.1) is 0 Å². The average molecular weight is 297 g/mol. The maximum atomic E-state index is 12.5. The van der Waals surface area contributed by atoms with Crippen LogP contribution in [0.4, 0.5) is 4.79 Å². The fourth-order valence-electron chi connectivity index (χ4n) is 3.16. The van der Waals surface area contributed by atoms with Crippen molar-refractivity contribution in [3.8, 4) is 0 Å². The largest absolute Gasteiger partial charge is 0.480 e. The quantitative estimate of drug-likeness (QED) is 0.791. The summed E-state index contributed by atoms with van der Waals surface area (Å²) in [6.45, 7) is 3.29. The molecule has 0 bridgehead atoms. The topological polar surface area (TPSA) is 90.0 Å². The van der Waals surface area contributed by atoms with E-state index in [0.717, 1.165) is 19.3 Å². The van der Waals surface area contributed by atoms with Crippen molar-refractivity contribution in [3.63, 3.8) is 0 Å². The number of rotatable bonds is 4. The minimum atomic E-state index is -0.989. The van der Waals surface area contributed by atoms with Crippen LogP contribution in [0, 0.1) is 5.92 Å². The molecule has 118 valence electrons. The molecule has 0 radical (unpaired) electrons. The zero-order valence-electron chi connectivity index (χ0n) is 12.4. The van der Waals surface area contributed by atoms with E-state index in [0.29, 0.717) is 26.1 Å². The highest BCUT2D eigenvalue weighted by Crippen LogP contribution is 2.25. The van der Waals surface area contributed by atoms with Crippen molar-refractivity contribution in [1.29, 1.82) is 0 Å². The van der Waals surface area contributed by atoms with Gasteiger partial charge < -0.3 is 20.2 Å².